The molecule has 3 aliphatic rings. The fourth-order valence-corrected chi connectivity index (χ4v) is 7.81. The predicted molar refractivity (Wildman–Crippen MR) is 213 cm³/mol. The number of carbonyl (C=O) groups is 1. The third kappa shape index (κ3) is 6.57. The molecule has 52 heavy (non-hydrogen) atoms. The molecule has 7 rings (SSSR count). The number of hydrogen-bond acceptors (Lipinski definition) is 3. The average molecular weight is 683 g/mol. The quantitative estimate of drug-likeness (QED) is 0.137. The van der Waals surface area contributed by atoms with E-state index in [0.29, 0.717) is 11.1 Å². The molecule has 4 heteroatoms. The number of benzene rings is 4. The van der Waals surface area contributed by atoms with Crippen LogP contribution >= 0.6 is 0 Å². The van der Waals surface area contributed by atoms with Crippen molar-refractivity contribution in [2.24, 2.45) is 0 Å². The van der Waals surface area contributed by atoms with Crippen LogP contribution in [0.5, 0.6) is 0 Å². The Hall–Kier alpha value is -5.74. The van der Waals surface area contributed by atoms with Gasteiger partial charge in [0.05, 0.1) is 6.04 Å². The maximum Gasteiger partial charge on any atom is 0.209 e. The molecule has 4 aromatic rings. The summed E-state index contributed by atoms with van der Waals surface area (Å²) in [6.45, 7) is 13.0. The standard InChI is InChI=1S/C48H46N2O2/c1-31-17-27-43(33(3)29-31)49(35(5)37-13-9-7-10-14-37)41-23-19-39(20-24-41)45-47(51)46(48(45)52)40-21-25-42(26-22-40)50(36(6)38-15-11-8-12-16-38)44-28-18-32(2)30-34(44)4/h7-11,13-15,17-30,35-36H,12,16H2,1-6H3. The van der Waals surface area contributed by atoms with Crippen molar-refractivity contribution in [2.75, 3.05) is 4.90 Å². The van der Waals surface area contributed by atoms with Gasteiger partial charge in [-0.3, -0.25) is 4.79 Å². The monoisotopic (exact) mass is 682 g/mol. The van der Waals surface area contributed by atoms with Gasteiger partial charge < -0.3 is 10.0 Å². The first-order valence-electron chi connectivity index (χ1n) is 18.3. The van der Waals surface area contributed by atoms with Crippen LogP contribution in [0.15, 0.2) is 156 Å². The normalized spacial score (nSPS) is 16.5. The van der Waals surface area contributed by atoms with E-state index in [9.17, 15) is 9.90 Å². The van der Waals surface area contributed by atoms with Gasteiger partial charge in [0.1, 0.15) is 0 Å². The summed E-state index contributed by atoms with van der Waals surface area (Å²) in [5.74, 6) is -0.402. The van der Waals surface area contributed by atoms with Crippen LogP contribution in [0.3, 0.4) is 0 Å². The molecule has 0 saturated carbocycles. The first kappa shape index (κ1) is 34.7. The third-order valence-corrected chi connectivity index (χ3v) is 10.6. The van der Waals surface area contributed by atoms with Crippen LogP contribution in [0.4, 0.5) is 17.1 Å². The van der Waals surface area contributed by atoms with E-state index in [1.54, 1.807) is 0 Å². The molecule has 0 aromatic heterocycles. The Morgan fingerprint density at radius 1 is 0.750 bits per heavy atom. The second kappa shape index (κ2) is 14.5. The fourth-order valence-electron chi connectivity index (χ4n) is 7.81. The number of Topliss-reactive ketones (excluding diaryl/α,β-unsaturated/α-hetero) is 1. The molecular weight excluding hydrogens is 637 g/mol. The SMILES string of the molecule is Cc1ccc(N(c2ccc(C3=C([O-])C(=C4C=CC(=[N+](c5ccc(C)cc5C)C(C)C5=CC=CCC5)C=C4)C3=O)cc2)C(C)c2ccccc2)c(C)c1. The molecule has 2 unspecified atom stereocenters. The molecule has 4 nitrogen and oxygen atoms in total. The van der Waals surface area contributed by atoms with Gasteiger partial charge in [0.15, 0.2) is 11.8 Å². The Bertz CT molecular complexity index is 2260. The van der Waals surface area contributed by atoms with Crippen LogP contribution < -0.4 is 10.0 Å². The van der Waals surface area contributed by atoms with Gasteiger partial charge in [-0.15, -0.1) is 0 Å². The highest BCUT2D eigenvalue weighted by atomic mass is 16.3. The van der Waals surface area contributed by atoms with Crippen molar-refractivity contribution in [1.29, 1.82) is 0 Å². The molecule has 4 aromatic carbocycles. The van der Waals surface area contributed by atoms with Crippen LogP contribution in [0, 0.1) is 27.7 Å². The lowest BCUT2D eigenvalue weighted by atomic mass is 9.80. The van der Waals surface area contributed by atoms with E-state index in [1.807, 2.05) is 54.6 Å². The Morgan fingerprint density at radius 3 is 2.04 bits per heavy atom. The summed E-state index contributed by atoms with van der Waals surface area (Å²) in [6.07, 6.45) is 16.6. The van der Waals surface area contributed by atoms with E-state index in [2.05, 4.69) is 130 Å². The first-order valence-corrected chi connectivity index (χ1v) is 18.3. The van der Waals surface area contributed by atoms with E-state index < -0.39 is 0 Å². The Kier molecular flexibility index (Phi) is 9.66. The molecule has 2 atom stereocenters. The van der Waals surface area contributed by atoms with Gasteiger partial charge in [-0.05, 0) is 112 Å². The van der Waals surface area contributed by atoms with E-state index in [1.165, 1.54) is 33.4 Å². The Morgan fingerprint density at radius 2 is 1.42 bits per heavy atom. The number of carbonyl (C=O) groups excluding carboxylic acids is 1. The second-order valence-corrected chi connectivity index (χ2v) is 14.3. The Balaban J connectivity index is 1.21. The van der Waals surface area contributed by atoms with Gasteiger partial charge >= 0.3 is 0 Å². The van der Waals surface area contributed by atoms with Gasteiger partial charge in [-0.1, -0.05) is 95.8 Å². The molecule has 0 N–H and O–H groups in total. The summed E-state index contributed by atoms with van der Waals surface area (Å²) in [7, 11) is 0. The smallest absolute Gasteiger partial charge is 0.209 e. The molecular formula is C48H46N2O2. The van der Waals surface area contributed by atoms with Crippen molar-refractivity contribution in [3.8, 4) is 0 Å². The number of rotatable bonds is 8. The van der Waals surface area contributed by atoms with Crippen LogP contribution in [0.1, 0.15) is 66.1 Å². The van der Waals surface area contributed by atoms with Crippen molar-refractivity contribution in [3.63, 3.8) is 0 Å². The molecule has 0 aliphatic heterocycles. The number of hydrogen-bond donors (Lipinski definition) is 0. The van der Waals surface area contributed by atoms with Gasteiger partial charge in [0.25, 0.3) is 0 Å². The zero-order chi connectivity index (χ0) is 36.5. The minimum Gasteiger partial charge on any atom is -0.871 e. The summed E-state index contributed by atoms with van der Waals surface area (Å²) in [5.41, 5.74) is 13.5. The minimum absolute atomic E-state index is 0.0565. The number of aryl methyl sites for hydroxylation is 4. The van der Waals surface area contributed by atoms with Gasteiger partial charge in [0, 0.05) is 53.2 Å². The van der Waals surface area contributed by atoms with Crippen molar-refractivity contribution in [1.82, 2.24) is 0 Å². The summed E-state index contributed by atoms with van der Waals surface area (Å²) < 4.78 is 2.37. The van der Waals surface area contributed by atoms with Crippen LogP contribution in [0.25, 0.3) is 5.57 Å². The van der Waals surface area contributed by atoms with E-state index >= 15 is 0 Å². The van der Waals surface area contributed by atoms with Crippen LogP contribution in [0.2, 0.25) is 0 Å². The second-order valence-electron chi connectivity index (χ2n) is 14.3. The number of allylic oxidation sites excluding steroid dienone is 10. The highest BCUT2D eigenvalue weighted by Crippen LogP contribution is 2.41. The summed E-state index contributed by atoms with van der Waals surface area (Å²) in [6, 6.07) is 31.6. The molecule has 0 radical (unpaired) electrons. The molecule has 0 heterocycles. The van der Waals surface area contributed by atoms with E-state index in [0.717, 1.165) is 35.6 Å². The van der Waals surface area contributed by atoms with E-state index in [-0.39, 0.29) is 34.8 Å². The predicted octanol–water partition coefficient (Wildman–Crippen LogP) is 10.3. The highest BCUT2D eigenvalue weighted by Gasteiger charge is 2.32. The number of anilines is 2. The fraction of sp³-hybridized carbons (Fsp3) is 0.208. The zero-order valence-electron chi connectivity index (χ0n) is 31.0. The number of nitrogens with zero attached hydrogens (tertiary/aromatic N) is 2. The lowest BCUT2D eigenvalue weighted by molar-refractivity contribution is -0.469. The first-order chi connectivity index (χ1) is 25.1. The molecule has 0 amide bonds. The number of ketones is 1. The van der Waals surface area contributed by atoms with Crippen molar-refractivity contribution >= 4 is 34.1 Å². The molecule has 0 fully saturated rings. The molecule has 260 valence electrons. The molecule has 0 bridgehead atoms. The maximum absolute atomic E-state index is 13.7. The van der Waals surface area contributed by atoms with E-state index in [4.69, 9.17) is 0 Å². The molecule has 0 saturated heterocycles. The topological polar surface area (TPSA) is 46.4 Å². The van der Waals surface area contributed by atoms with Crippen molar-refractivity contribution in [2.45, 2.75) is 66.5 Å². The largest absolute Gasteiger partial charge is 0.871 e. The summed E-state index contributed by atoms with van der Waals surface area (Å²) in [4.78, 5) is 16.0. The van der Waals surface area contributed by atoms with Crippen molar-refractivity contribution < 1.29 is 14.5 Å². The Labute approximate surface area is 308 Å². The lowest BCUT2D eigenvalue weighted by Gasteiger charge is -2.34. The van der Waals surface area contributed by atoms with Crippen LogP contribution in [-0.2, 0) is 4.79 Å². The van der Waals surface area contributed by atoms with Gasteiger partial charge in [0.2, 0.25) is 11.4 Å². The molecule has 0 spiro atoms. The summed E-state index contributed by atoms with van der Waals surface area (Å²) >= 11 is 0. The third-order valence-electron chi connectivity index (χ3n) is 10.6. The highest BCUT2D eigenvalue weighted by molar-refractivity contribution is 6.39. The van der Waals surface area contributed by atoms with Crippen molar-refractivity contribution in [3.05, 3.63) is 189 Å². The van der Waals surface area contributed by atoms with Gasteiger partial charge in [-0.2, -0.15) is 4.58 Å². The molecule has 3 aliphatic carbocycles. The lowest BCUT2D eigenvalue weighted by Crippen LogP contribution is -2.31. The summed E-state index contributed by atoms with van der Waals surface area (Å²) in [5, 5.41) is 13.7. The van der Waals surface area contributed by atoms with Gasteiger partial charge in [-0.25, -0.2) is 0 Å². The average Bonchev–Trinajstić information content (AvgIpc) is 3.15. The van der Waals surface area contributed by atoms with Crippen LogP contribution in [-0.4, -0.2) is 22.1 Å². The zero-order valence-corrected chi connectivity index (χ0v) is 31.0. The maximum atomic E-state index is 13.7. The minimum atomic E-state index is -0.201.